The average Bonchev–Trinajstić information content (AvgIpc) is 2.65. The summed E-state index contributed by atoms with van der Waals surface area (Å²) >= 11 is 0. The number of ether oxygens (including phenoxy) is 1. The van der Waals surface area contributed by atoms with E-state index in [0.29, 0.717) is 30.6 Å². The molecule has 4 unspecified atom stereocenters. The summed E-state index contributed by atoms with van der Waals surface area (Å²) in [5.74, 6) is -6.71. The van der Waals surface area contributed by atoms with Crippen LogP contribution in [-0.2, 0) is 14.3 Å². The third-order valence-corrected chi connectivity index (χ3v) is 7.36. The van der Waals surface area contributed by atoms with Gasteiger partial charge in [0.25, 0.3) is 0 Å². The summed E-state index contributed by atoms with van der Waals surface area (Å²) in [4.78, 5) is 24.7. The predicted octanol–water partition coefficient (Wildman–Crippen LogP) is 4.88. The number of carbonyl (C=O) groups excluding carboxylic acids is 1. The minimum absolute atomic E-state index is 0.0599. The van der Waals surface area contributed by atoms with Gasteiger partial charge in [-0.2, -0.15) is 8.78 Å². The summed E-state index contributed by atoms with van der Waals surface area (Å²) < 4.78 is 34.1. The van der Waals surface area contributed by atoms with Crippen molar-refractivity contribution in [1.29, 1.82) is 0 Å². The lowest BCUT2D eigenvalue weighted by atomic mass is 9.44. The Labute approximate surface area is 169 Å². The van der Waals surface area contributed by atoms with E-state index < -0.39 is 35.3 Å². The fourth-order valence-corrected chi connectivity index (χ4v) is 6.57. The van der Waals surface area contributed by atoms with Crippen molar-refractivity contribution in [3.05, 3.63) is 35.9 Å². The van der Waals surface area contributed by atoms with Crippen LogP contribution in [0.1, 0.15) is 57.4 Å². The molecule has 0 spiro atoms. The van der Waals surface area contributed by atoms with E-state index >= 15 is 0 Å². The number of rotatable bonds is 6. The Morgan fingerprint density at radius 3 is 2.21 bits per heavy atom. The third kappa shape index (κ3) is 3.24. The number of esters is 1. The van der Waals surface area contributed by atoms with Crippen molar-refractivity contribution in [2.24, 2.45) is 29.1 Å². The maximum absolute atomic E-state index is 14.3. The molecule has 4 aliphatic rings. The highest BCUT2D eigenvalue weighted by molar-refractivity contribution is 5.81. The molecule has 0 aromatic heterocycles. The van der Waals surface area contributed by atoms with Gasteiger partial charge in [-0.05, 0) is 61.3 Å². The molecule has 0 radical (unpaired) electrons. The number of benzene rings is 1. The first-order chi connectivity index (χ1) is 13.6. The fraction of sp³-hybridized carbons (Fsp3) is 0.652. The second-order valence-corrected chi connectivity index (χ2v) is 9.65. The van der Waals surface area contributed by atoms with Gasteiger partial charge >= 0.3 is 17.9 Å². The van der Waals surface area contributed by atoms with Crippen LogP contribution in [0.15, 0.2) is 30.3 Å². The number of hydrogen-bond donors (Lipinski definition) is 1. The summed E-state index contributed by atoms with van der Waals surface area (Å²) in [6.07, 6.45) is 2.51. The van der Waals surface area contributed by atoms with Crippen LogP contribution in [0.2, 0.25) is 0 Å². The molecule has 1 N–H and O–H groups in total. The molecule has 4 saturated carbocycles. The van der Waals surface area contributed by atoms with Crippen molar-refractivity contribution in [1.82, 2.24) is 0 Å². The van der Waals surface area contributed by atoms with Gasteiger partial charge < -0.3 is 9.84 Å². The Balaban J connectivity index is 1.70. The van der Waals surface area contributed by atoms with Crippen molar-refractivity contribution in [2.75, 3.05) is 0 Å². The largest absolute Gasteiger partial charge is 0.477 e. The number of halogens is 2. The van der Waals surface area contributed by atoms with Crippen LogP contribution in [0.3, 0.4) is 0 Å². The van der Waals surface area contributed by atoms with Gasteiger partial charge in [-0.3, -0.25) is 4.79 Å². The fourth-order valence-electron chi connectivity index (χ4n) is 6.57. The minimum Gasteiger partial charge on any atom is -0.477 e. The Hall–Kier alpha value is -1.98. The quantitative estimate of drug-likeness (QED) is 0.684. The summed E-state index contributed by atoms with van der Waals surface area (Å²) in [6.45, 7) is 2.92. The first kappa shape index (κ1) is 20.3. The lowest BCUT2D eigenvalue weighted by molar-refractivity contribution is -0.213. The molecule has 158 valence electrons. The highest BCUT2D eigenvalue weighted by Gasteiger charge is 2.63. The zero-order chi connectivity index (χ0) is 21.0. The number of aliphatic carboxylic acids is 1. The van der Waals surface area contributed by atoms with Gasteiger partial charge in [0.15, 0.2) is 6.10 Å². The third-order valence-electron chi connectivity index (χ3n) is 7.36. The summed E-state index contributed by atoms with van der Waals surface area (Å²) in [5.41, 5.74) is 0.219. The Morgan fingerprint density at radius 2 is 1.69 bits per heavy atom. The van der Waals surface area contributed by atoms with E-state index in [2.05, 4.69) is 0 Å². The molecule has 0 saturated heterocycles. The number of carbonyl (C=O) groups is 2. The number of hydrogen-bond acceptors (Lipinski definition) is 3. The van der Waals surface area contributed by atoms with E-state index in [-0.39, 0.29) is 5.92 Å². The lowest BCUT2D eigenvalue weighted by Crippen LogP contribution is -2.57. The SMILES string of the molecule is CC(C)C(OC(=O)C12CC3CC(CC(C3)C1c1ccccc1)C2)C(F)(F)C(=O)O. The summed E-state index contributed by atoms with van der Waals surface area (Å²) in [7, 11) is 0. The normalized spacial score (nSPS) is 34.2. The number of carboxylic acids is 1. The Kier molecular flexibility index (Phi) is 4.94. The second kappa shape index (κ2) is 7.06. The second-order valence-electron chi connectivity index (χ2n) is 9.65. The number of alkyl halides is 2. The first-order valence-corrected chi connectivity index (χ1v) is 10.5. The Morgan fingerprint density at radius 1 is 1.10 bits per heavy atom. The van der Waals surface area contributed by atoms with Gasteiger partial charge in [0.05, 0.1) is 5.41 Å². The van der Waals surface area contributed by atoms with E-state index in [9.17, 15) is 18.4 Å². The molecule has 4 fully saturated rings. The molecule has 4 atom stereocenters. The van der Waals surface area contributed by atoms with Crippen molar-refractivity contribution in [3.8, 4) is 0 Å². The van der Waals surface area contributed by atoms with Crippen molar-refractivity contribution in [2.45, 2.75) is 63.9 Å². The molecule has 5 rings (SSSR count). The van der Waals surface area contributed by atoms with Crippen LogP contribution < -0.4 is 0 Å². The summed E-state index contributed by atoms with van der Waals surface area (Å²) in [5, 5.41) is 9.00. The molecule has 1 aromatic rings. The van der Waals surface area contributed by atoms with Crippen LogP contribution >= 0.6 is 0 Å². The van der Waals surface area contributed by atoms with Crippen LogP contribution in [-0.4, -0.2) is 29.1 Å². The maximum Gasteiger partial charge on any atom is 0.378 e. The van der Waals surface area contributed by atoms with E-state index in [1.54, 1.807) is 0 Å². The highest BCUT2D eigenvalue weighted by Crippen LogP contribution is 2.66. The predicted molar refractivity (Wildman–Crippen MR) is 102 cm³/mol. The zero-order valence-electron chi connectivity index (χ0n) is 16.8. The number of carboxylic acid groups (broad SMARTS) is 1. The molecular weight excluding hydrogens is 378 g/mol. The smallest absolute Gasteiger partial charge is 0.378 e. The molecule has 29 heavy (non-hydrogen) atoms. The van der Waals surface area contributed by atoms with Crippen LogP contribution in [0, 0.1) is 29.1 Å². The molecule has 4 nitrogen and oxygen atoms in total. The van der Waals surface area contributed by atoms with E-state index in [0.717, 1.165) is 24.8 Å². The van der Waals surface area contributed by atoms with Crippen molar-refractivity contribution >= 4 is 11.9 Å². The maximum atomic E-state index is 14.3. The monoisotopic (exact) mass is 406 g/mol. The molecular formula is C23H28F2O4. The van der Waals surface area contributed by atoms with Gasteiger partial charge in [0, 0.05) is 5.92 Å². The topological polar surface area (TPSA) is 63.6 Å². The van der Waals surface area contributed by atoms with Crippen molar-refractivity contribution in [3.63, 3.8) is 0 Å². The Bertz CT molecular complexity index is 777. The molecule has 1 aromatic carbocycles. The molecule has 0 aliphatic heterocycles. The van der Waals surface area contributed by atoms with Crippen molar-refractivity contribution < 1.29 is 28.2 Å². The lowest BCUT2D eigenvalue weighted by Gasteiger charge is -2.60. The van der Waals surface area contributed by atoms with Gasteiger partial charge in [-0.15, -0.1) is 0 Å². The van der Waals surface area contributed by atoms with Crippen LogP contribution in [0.5, 0.6) is 0 Å². The molecule has 4 bridgehead atoms. The highest BCUT2D eigenvalue weighted by atomic mass is 19.3. The standard InChI is InChI=1S/C23H28F2O4/c1-13(2)19(23(24,25)20(26)27)29-21(28)22-11-14-8-15(12-22)10-17(9-14)18(22)16-6-4-3-5-7-16/h3-7,13-15,17-19H,8-12H2,1-2H3,(H,26,27). The minimum atomic E-state index is -4.12. The van der Waals surface area contributed by atoms with Gasteiger partial charge in [0.2, 0.25) is 0 Å². The first-order valence-electron chi connectivity index (χ1n) is 10.5. The van der Waals surface area contributed by atoms with E-state index in [1.165, 1.54) is 13.8 Å². The van der Waals surface area contributed by atoms with Gasteiger partial charge in [-0.1, -0.05) is 44.2 Å². The average molecular weight is 406 g/mol. The van der Waals surface area contributed by atoms with E-state index in [4.69, 9.17) is 9.84 Å². The van der Waals surface area contributed by atoms with Gasteiger partial charge in [0.1, 0.15) is 0 Å². The molecule has 0 heterocycles. The van der Waals surface area contributed by atoms with Crippen LogP contribution in [0.25, 0.3) is 0 Å². The molecule has 4 aliphatic carbocycles. The van der Waals surface area contributed by atoms with E-state index in [1.807, 2.05) is 30.3 Å². The zero-order valence-corrected chi connectivity index (χ0v) is 16.8. The van der Waals surface area contributed by atoms with Gasteiger partial charge in [-0.25, -0.2) is 4.79 Å². The molecule has 6 heteroatoms. The summed E-state index contributed by atoms with van der Waals surface area (Å²) in [6, 6.07) is 9.82. The van der Waals surface area contributed by atoms with Crippen LogP contribution in [0.4, 0.5) is 8.78 Å². The molecule has 0 amide bonds.